The van der Waals surface area contributed by atoms with Crippen LogP contribution < -0.4 is 10.2 Å². The third kappa shape index (κ3) is 3.82. The monoisotopic (exact) mass is 295 g/mol. The van der Waals surface area contributed by atoms with Crippen molar-refractivity contribution >= 4 is 23.0 Å². The molecule has 0 atom stereocenters. The average molecular weight is 295 g/mol. The fourth-order valence-corrected chi connectivity index (χ4v) is 2.63. The van der Waals surface area contributed by atoms with Gasteiger partial charge in [-0.05, 0) is 30.8 Å². The van der Waals surface area contributed by atoms with Crippen LogP contribution in [0.25, 0.3) is 0 Å². The zero-order valence-electron chi connectivity index (χ0n) is 11.9. The smallest absolute Gasteiger partial charge is 0.169 e. The Morgan fingerprint density at radius 2 is 1.95 bits per heavy atom. The van der Waals surface area contributed by atoms with Crippen LogP contribution in [0.5, 0.6) is 0 Å². The quantitative estimate of drug-likeness (QED) is 0.679. The van der Waals surface area contributed by atoms with Crippen LogP contribution in [0, 0.1) is 5.82 Å². The summed E-state index contributed by atoms with van der Waals surface area (Å²) in [4.78, 5) is 4.25. The summed E-state index contributed by atoms with van der Waals surface area (Å²) in [5.41, 5.74) is 0.692. The van der Waals surface area contributed by atoms with Crippen molar-refractivity contribution < 1.29 is 4.39 Å². The fourth-order valence-electron chi connectivity index (χ4n) is 2.34. The minimum Gasteiger partial charge on any atom is -0.366 e. The number of piperazine rings is 1. The van der Waals surface area contributed by atoms with Gasteiger partial charge in [-0.2, -0.15) is 0 Å². The van der Waals surface area contributed by atoms with E-state index in [-0.39, 0.29) is 5.82 Å². The Morgan fingerprint density at radius 1 is 1.25 bits per heavy atom. The highest BCUT2D eigenvalue weighted by atomic mass is 32.1. The molecule has 1 aliphatic heterocycles. The normalized spacial score (nSPS) is 15.3. The number of thiocarbonyl (C=S) groups is 1. The standard InChI is InChI=1S/C15H22FN3S/c1-2-3-8-17-15(20)19-11-9-18(10-12-19)14-7-5-4-6-13(14)16/h4-7H,2-3,8-12H2,1H3,(H,17,20). The van der Waals surface area contributed by atoms with E-state index in [4.69, 9.17) is 12.2 Å². The van der Waals surface area contributed by atoms with Crippen LogP contribution in [-0.4, -0.2) is 42.7 Å². The zero-order valence-corrected chi connectivity index (χ0v) is 12.8. The summed E-state index contributed by atoms with van der Waals surface area (Å²) in [6.45, 7) is 6.38. The molecule has 0 aliphatic carbocycles. The Bertz CT molecular complexity index is 444. The Morgan fingerprint density at radius 3 is 2.60 bits per heavy atom. The van der Waals surface area contributed by atoms with Gasteiger partial charge in [0.25, 0.3) is 0 Å². The third-order valence-electron chi connectivity index (χ3n) is 3.57. The van der Waals surface area contributed by atoms with E-state index < -0.39 is 0 Å². The van der Waals surface area contributed by atoms with E-state index in [0.29, 0.717) is 5.69 Å². The van der Waals surface area contributed by atoms with Crippen molar-refractivity contribution in [2.24, 2.45) is 0 Å². The van der Waals surface area contributed by atoms with E-state index in [1.807, 2.05) is 12.1 Å². The first-order valence-corrected chi connectivity index (χ1v) is 7.65. The second-order valence-corrected chi connectivity index (χ2v) is 5.40. The van der Waals surface area contributed by atoms with Gasteiger partial charge in [-0.15, -0.1) is 0 Å². The molecular formula is C15H22FN3S. The van der Waals surface area contributed by atoms with Crippen LogP contribution in [0.15, 0.2) is 24.3 Å². The average Bonchev–Trinajstić information content (AvgIpc) is 2.48. The Labute approximate surface area is 125 Å². The van der Waals surface area contributed by atoms with Gasteiger partial charge < -0.3 is 15.1 Å². The number of rotatable bonds is 4. The summed E-state index contributed by atoms with van der Waals surface area (Å²) in [6.07, 6.45) is 2.30. The summed E-state index contributed by atoms with van der Waals surface area (Å²) in [6, 6.07) is 6.95. The number of nitrogens with one attached hydrogen (secondary N) is 1. The third-order valence-corrected chi connectivity index (χ3v) is 3.97. The lowest BCUT2D eigenvalue weighted by atomic mass is 10.2. The van der Waals surface area contributed by atoms with Gasteiger partial charge in [-0.3, -0.25) is 0 Å². The number of unbranched alkanes of at least 4 members (excludes halogenated alkanes) is 1. The minimum absolute atomic E-state index is 0.149. The number of benzene rings is 1. The van der Waals surface area contributed by atoms with Crippen molar-refractivity contribution in [3.05, 3.63) is 30.1 Å². The highest BCUT2D eigenvalue weighted by Crippen LogP contribution is 2.20. The number of hydrogen-bond acceptors (Lipinski definition) is 2. The van der Waals surface area contributed by atoms with E-state index in [1.54, 1.807) is 6.07 Å². The molecule has 1 heterocycles. The molecule has 1 aliphatic rings. The van der Waals surface area contributed by atoms with E-state index >= 15 is 0 Å². The van der Waals surface area contributed by atoms with Gasteiger partial charge in [-0.1, -0.05) is 25.5 Å². The summed E-state index contributed by atoms with van der Waals surface area (Å²) in [7, 11) is 0. The SMILES string of the molecule is CCCCNC(=S)N1CCN(c2ccccc2F)CC1. The van der Waals surface area contributed by atoms with E-state index in [9.17, 15) is 4.39 Å². The van der Waals surface area contributed by atoms with Gasteiger partial charge in [0.15, 0.2) is 5.11 Å². The number of anilines is 1. The lowest BCUT2D eigenvalue weighted by Crippen LogP contribution is -2.52. The maximum atomic E-state index is 13.7. The van der Waals surface area contributed by atoms with E-state index in [2.05, 4.69) is 22.0 Å². The Kier molecular flexibility index (Phi) is 5.59. The molecule has 110 valence electrons. The molecule has 0 amide bonds. The molecule has 1 aromatic carbocycles. The molecule has 1 aromatic rings. The molecule has 0 saturated carbocycles. The van der Waals surface area contributed by atoms with Crippen molar-refractivity contribution in [3.63, 3.8) is 0 Å². The van der Waals surface area contributed by atoms with Crippen LogP contribution in [0.2, 0.25) is 0 Å². The summed E-state index contributed by atoms with van der Waals surface area (Å²) < 4.78 is 13.7. The van der Waals surface area contributed by atoms with Gasteiger partial charge in [0, 0.05) is 32.7 Å². The Hall–Kier alpha value is -1.36. The second-order valence-electron chi connectivity index (χ2n) is 5.01. The molecular weight excluding hydrogens is 273 g/mol. The maximum absolute atomic E-state index is 13.7. The van der Waals surface area contributed by atoms with Gasteiger partial charge in [0.05, 0.1) is 5.69 Å². The molecule has 0 spiro atoms. The van der Waals surface area contributed by atoms with Crippen LogP contribution in [-0.2, 0) is 0 Å². The first-order valence-electron chi connectivity index (χ1n) is 7.24. The molecule has 0 unspecified atom stereocenters. The number of halogens is 1. The molecule has 1 fully saturated rings. The predicted octanol–water partition coefficient (Wildman–Crippen LogP) is 2.62. The van der Waals surface area contributed by atoms with Gasteiger partial charge in [0.2, 0.25) is 0 Å². The molecule has 20 heavy (non-hydrogen) atoms. The molecule has 0 bridgehead atoms. The van der Waals surface area contributed by atoms with Gasteiger partial charge in [-0.25, -0.2) is 4.39 Å². The largest absolute Gasteiger partial charge is 0.366 e. The molecule has 1 saturated heterocycles. The highest BCUT2D eigenvalue weighted by Gasteiger charge is 2.20. The lowest BCUT2D eigenvalue weighted by molar-refractivity contribution is 0.378. The van der Waals surface area contributed by atoms with Crippen molar-refractivity contribution in [1.29, 1.82) is 0 Å². The molecule has 3 nitrogen and oxygen atoms in total. The second kappa shape index (κ2) is 7.43. The van der Waals surface area contributed by atoms with E-state index in [0.717, 1.165) is 50.7 Å². The predicted molar refractivity (Wildman–Crippen MR) is 85.7 cm³/mol. The van der Waals surface area contributed by atoms with Crippen LogP contribution in [0.4, 0.5) is 10.1 Å². The summed E-state index contributed by atoms with van der Waals surface area (Å²) in [5.74, 6) is -0.149. The molecule has 5 heteroatoms. The molecule has 0 radical (unpaired) electrons. The van der Waals surface area contributed by atoms with Crippen LogP contribution >= 0.6 is 12.2 Å². The first kappa shape index (κ1) is 15.0. The van der Waals surface area contributed by atoms with E-state index in [1.165, 1.54) is 6.07 Å². The van der Waals surface area contributed by atoms with Gasteiger partial charge in [0.1, 0.15) is 5.82 Å². The van der Waals surface area contributed by atoms with Crippen molar-refractivity contribution in [1.82, 2.24) is 10.2 Å². The minimum atomic E-state index is -0.149. The number of hydrogen-bond donors (Lipinski definition) is 1. The zero-order chi connectivity index (χ0) is 14.4. The van der Waals surface area contributed by atoms with Crippen molar-refractivity contribution in [2.75, 3.05) is 37.6 Å². The number of nitrogens with zero attached hydrogens (tertiary/aromatic N) is 2. The highest BCUT2D eigenvalue weighted by molar-refractivity contribution is 7.80. The van der Waals surface area contributed by atoms with Gasteiger partial charge >= 0.3 is 0 Å². The first-order chi connectivity index (χ1) is 9.72. The molecule has 1 N–H and O–H groups in total. The fraction of sp³-hybridized carbons (Fsp3) is 0.533. The summed E-state index contributed by atoms with van der Waals surface area (Å²) in [5, 5.41) is 4.11. The maximum Gasteiger partial charge on any atom is 0.169 e. The van der Waals surface area contributed by atoms with Crippen molar-refractivity contribution in [2.45, 2.75) is 19.8 Å². The van der Waals surface area contributed by atoms with Crippen LogP contribution in [0.1, 0.15) is 19.8 Å². The summed E-state index contributed by atoms with van der Waals surface area (Å²) >= 11 is 5.39. The number of para-hydroxylation sites is 1. The lowest BCUT2D eigenvalue weighted by Gasteiger charge is -2.37. The molecule has 2 rings (SSSR count). The topological polar surface area (TPSA) is 18.5 Å². The van der Waals surface area contributed by atoms with Crippen molar-refractivity contribution in [3.8, 4) is 0 Å². The van der Waals surface area contributed by atoms with Crippen LogP contribution in [0.3, 0.4) is 0 Å². The molecule has 0 aromatic heterocycles. The Balaban J connectivity index is 1.83.